The molecule has 3 aliphatic rings. The van der Waals surface area contributed by atoms with Crippen LogP contribution in [-0.4, -0.2) is 55.9 Å². The van der Waals surface area contributed by atoms with Crippen LogP contribution in [0.15, 0.2) is 22.7 Å². The molecular weight excluding hydrogens is 336 g/mol. The lowest BCUT2D eigenvalue weighted by Crippen LogP contribution is -2.23. The normalized spacial score (nSPS) is 21.4. The highest BCUT2D eigenvalue weighted by Gasteiger charge is 2.52. The largest absolute Gasteiger partial charge is 0.480 e. The second-order valence-electron chi connectivity index (χ2n) is 4.83. The van der Waals surface area contributed by atoms with Crippen molar-refractivity contribution in [2.45, 2.75) is 12.5 Å². The Morgan fingerprint density at radius 3 is 2.70 bits per heavy atom. The van der Waals surface area contributed by atoms with Crippen LogP contribution in [0.25, 0.3) is 0 Å². The average Bonchev–Trinajstić information content (AvgIpc) is 3.05. The predicted octanol–water partition coefficient (Wildman–Crippen LogP) is -1.17. The Kier molecular flexibility index (Phi) is 3.60. The molecule has 11 heteroatoms. The highest BCUT2D eigenvalue weighted by molar-refractivity contribution is 7.85. The van der Waals surface area contributed by atoms with Crippen molar-refractivity contribution in [2.75, 3.05) is 19.0 Å². The van der Waals surface area contributed by atoms with E-state index in [1.165, 1.54) is 0 Å². The fraction of sp³-hybridized carbons (Fsp3) is 0.417. The van der Waals surface area contributed by atoms with Gasteiger partial charge in [-0.2, -0.15) is 8.42 Å². The van der Waals surface area contributed by atoms with Gasteiger partial charge in [0.25, 0.3) is 10.1 Å². The highest BCUT2D eigenvalue weighted by Crippen LogP contribution is 2.48. The van der Waals surface area contributed by atoms with E-state index in [0.717, 1.165) is 0 Å². The van der Waals surface area contributed by atoms with Crippen molar-refractivity contribution < 1.29 is 46.3 Å². The maximum atomic E-state index is 11.9. The van der Waals surface area contributed by atoms with Gasteiger partial charge in [0.05, 0.1) is 5.57 Å². The molecule has 124 valence electrons. The van der Waals surface area contributed by atoms with E-state index < -0.39 is 53.1 Å². The molecule has 0 saturated carbocycles. The van der Waals surface area contributed by atoms with E-state index in [9.17, 15) is 22.8 Å². The monoisotopic (exact) mass is 346 g/mol. The SMILES string of the molecule is O=C(COC(=O)C1=C2OC(=O)C3=C2O[C@H]1C3)OCCS(=O)(=O)O. The van der Waals surface area contributed by atoms with Gasteiger partial charge in [-0.1, -0.05) is 0 Å². The Morgan fingerprint density at radius 1 is 1.26 bits per heavy atom. The van der Waals surface area contributed by atoms with Crippen molar-refractivity contribution in [1.82, 2.24) is 0 Å². The number of carbonyl (C=O) groups excluding carboxylic acids is 3. The first-order valence-corrected chi connectivity index (χ1v) is 8.01. The van der Waals surface area contributed by atoms with E-state index in [4.69, 9.17) is 18.8 Å². The number of rotatable bonds is 6. The summed E-state index contributed by atoms with van der Waals surface area (Å²) in [5, 5.41) is 0. The van der Waals surface area contributed by atoms with Gasteiger partial charge in [0, 0.05) is 6.42 Å². The standard InChI is InChI=1S/C12H10O10S/c13-7(19-1-2-23(16,17)18)4-20-12(15)8-6-3-5-9(21-6)10(8)22-11(5)14/h6H,1-4H2,(H,16,17,18)/t6-/m0/s1. The maximum absolute atomic E-state index is 11.9. The van der Waals surface area contributed by atoms with Gasteiger partial charge >= 0.3 is 17.9 Å². The van der Waals surface area contributed by atoms with Crippen molar-refractivity contribution in [3.8, 4) is 0 Å². The van der Waals surface area contributed by atoms with Crippen molar-refractivity contribution in [3.05, 3.63) is 22.7 Å². The van der Waals surface area contributed by atoms with Crippen LogP contribution in [0, 0.1) is 0 Å². The Balaban J connectivity index is 1.53. The molecule has 0 fully saturated rings. The minimum atomic E-state index is -4.24. The third-order valence-electron chi connectivity index (χ3n) is 3.28. The van der Waals surface area contributed by atoms with Gasteiger partial charge in [0.15, 0.2) is 18.1 Å². The van der Waals surface area contributed by atoms with E-state index >= 15 is 0 Å². The summed E-state index contributed by atoms with van der Waals surface area (Å²) >= 11 is 0. The fourth-order valence-corrected chi connectivity index (χ4v) is 2.61. The molecule has 0 aromatic carbocycles. The summed E-state index contributed by atoms with van der Waals surface area (Å²) in [6.07, 6.45) is -0.453. The number of carbonyl (C=O) groups is 3. The minimum absolute atomic E-state index is 0.0194. The van der Waals surface area contributed by atoms with Crippen LogP contribution in [-0.2, 0) is 43.4 Å². The highest BCUT2D eigenvalue weighted by atomic mass is 32.2. The van der Waals surface area contributed by atoms with Crippen LogP contribution in [0.5, 0.6) is 0 Å². The van der Waals surface area contributed by atoms with Crippen LogP contribution >= 0.6 is 0 Å². The molecule has 0 radical (unpaired) electrons. The Labute approximate surface area is 129 Å². The summed E-state index contributed by atoms with van der Waals surface area (Å²) in [7, 11) is -4.24. The fourth-order valence-electron chi connectivity index (χ4n) is 2.31. The van der Waals surface area contributed by atoms with Gasteiger partial charge in [0.1, 0.15) is 24.0 Å². The van der Waals surface area contributed by atoms with Crippen molar-refractivity contribution in [1.29, 1.82) is 0 Å². The van der Waals surface area contributed by atoms with Gasteiger partial charge in [-0.3, -0.25) is 4.55 Å². The molecule has 23 heavy (non-hydrogen) atoms. The molecule has 0 unspecified atom stereocenters. The van der Waals surface area contributed by atoms with Crippen LogP contribution in [0.1, 0.15) is 6.42 Å². The lowest BCUT2D eigenvalue weighted by Gasteiger charge is -2.09. The summed E-state index contributed by atoms with van der Waals surface area (Å²) in [6, 6.07) is 0. The zero-order valence-electron chi connectivity index (χ0n) is 11.4. The van der Waals surface area contributed by atoms with Gasteiger partial charge < -0.3 is 18.9 Å². The van der Waals surface area contributed by atoms with Gasteiger partial charge in [-0.25, -0.2) is 14.4 Å². The van der Waals surface area contributed by atoms with Gasteiger partial charge in [0.2, 0.25) is 0 Å². The smallest absolute Gasteiger partial charge is 0.344 e. The first kappa shape index (κ1) is 15.5. The van der Waals surface area contributed by atoms with Gasteiger partial charge in [-0.15, -0.1) is 0 Å². The maximum Gasteiger partial charge on any atom is 0.344 e. The topological polar surface area (TPSA) is 142 Å². The van der Waals surface area contributed by atoms with Gasteiger partial charge in [-0.05, 0) is 0 Å². The molecule has 0 amide bonds. The quantitative estimate of drug-likeness (QED) is 0.355. The summed E-state index contributed by atoms with van der Waals surface area (Å²) in [5.41, 5.74) is 0.409. The van der Waals surface area contributed by atoms with E-state index in [2.05, 4.69) is 4.74 Å². The average molecular weight is 346 g/mol. The van der Waals surface area contributed by atoms with Crippen molar-refractivity contribution >= 4 is 28.0 Å². The Morgan fingerprint density at radius 2 is 2.00 bits per heavy atom. The second kappa shape index (κ2) is 5.35. The summed E-state index contributed by atoms with van der Waals surface area (Å²) in [5.74, 6) is -2.94. The van der Waals surface area contributed by atoms with Crippen LogP contribution in [0.3, 0.4) is 0 Å². The van der Waals surface area contributed by atoms with Crippen LogP contribution in [0.2, 0.25) is 0 Å². The number of fused-ring (bicyclic) bond motifs is 1. The van der Waals surface area contributed by atoms with Crippen LogP contribution in [0.4, 0.5) is 0 Å². The second-order valence-corrected chi connectivity index (χ2v) is 6.41. The zero-order valence-corrected chi connectivity index (χ0v) is 12.3. The molecule has 3 heterocycles. The summed E-state index contributed by atoms with van der Waals surface area (Å²) < 4.78 is 48.8. The molecule has 0 aromatic rings. The molecule has 0 aromatic heterocycles. The lowest BCUT2D eigenvalue weighted by atomic mass is 9.99. The third kappa shape index (κ3) is 2.92. The number of ether oxygens (including phenoxy) is 4. The number of esters is 3. The zero-order chi connectivity index (χ0) is 16.8. The predicted molar refractivity (Wildman–Crippen MR) is 68.0 cm³/mol. The minimum Gasteiger partial charge on any atom is -0.480 e. The Bertz CT molecular complexity index is 772. The number of hydrogen-bond donors (Lipinski definition) is 1. The third-order valence-corrected chi connectivity index (χ3v) is 3.97. The van der Waals surface area contributed by atoms with Crippen molar-refractivity contribution in [3.63, 3.8) is 0 Å². The molecule has 0 spiro atoms. The molecular formula is C12H10O10S. The van der Waals surface area contributed by atoms with E-state index in [0.29, 0.717) is 5.57 Å². The number of hydrogen-bond acceptors (Lipinski definition) is 9. The van der Waals surface area contributed by atoms with E-state index in [1.807, 2.05) is 0 Å². The molecule has 10 nitrogen and oxygen atoms in total. The summed E-state index contributed by atoms with van der Waals surface area (Å²) in [6.45, 7) is -1.32. The van der Waals surface area contributed by atoms with Crippen LogP contribution < -0.4 is 0 Å². The van der Waals surface area contributed by atoms with Crippen molar-refractivity contribution in [2.24, 2.45) is 0 Å². The molecule has 3 rings (SSSR count). The molecule has 0 aliphatic carbocycles. The molecule has 1 N–H and O–H groups in total. The first-order valence-electron chi connectivity index (χ1n) is 6.40. The molecule has 3 aliphatic heterocycles. The Hall–Kier alpha value is -2.40. The molecule has 1 atom stereocenters. The molecule has 0 saturated heterocycles. The first-order chi connectivity index (χ1) is 10.8. The molecule has 2 bridgehead atoms. The lowest BCUT2D eigenvalue weighted by molar-refractivity contribution is -0.156. The van der Waals surface area contributed by atoms with E-state index in [1.54, 1.807) is 0 Å². The van der Waals surface area contributed by atoms with E-state index in [-0.39, 0.29) is 23.5 Å². The summed E-state index contributed by atoms with van der Waals surface area (Å²) in [4.78, 5) is 34.7.